The van der Waals surface area contributed by atoms with E-state index < -0.39 is 5.97 Å². The summed E-state index contributed by atoms with van der Waals surface area (Å²) in [4.78, 5) is 18.0. The summed E-state index contributed by atoms with van der Waals surface area (Å²) in [5, 5.41) is 11.4. The van der Waals surface area contributed by atoms with Crippen LogP contribution in [0.5, 0.6) is 11.5 Å². The molecule has 0 atom stereocenters. The Morgan fingerprint density at radius 1 is 1.09 bits per heavy atom. The van der Waals surface area contributed by atoms with Crippen LogP contribution in [-0.2, 0) is 12.8 Å². The van der Waals surface area contributed by atoms with Crippen molar-refractivity contribution >= 4 is 40.8 Å². The highest BCUT2D eigenvalue weighted by molar-refractivity contribution is 7.15. The van der Waals surface area contributed by atoms with Gasteiger partial charge >= 0.3 is 5.97 Å². The zero-order chi connectivity index (χ0) is 24.5. The third kappa shape index (κ3) is 4.77. The summed E-state index contributed by atoms with van der Waals surface area (Å²) in [6.45, 7) is 4.03. The van der Waals surface area contributed by atoms with Crippen LogP contribution in [0.15, 0.2) is 59.6 Å². The van der Waals surface area contributed by atoms with Gasteiger partial charge in [-0.15, -0.1) is 11.3 Å². The molecule has 5 nitrogen and oxygen atoms in total. The van der Waals surface area contributed by atoms with Crippen LogP contribution < -0.4 is 4.74 Å². The molecule has 0 radical (unpaired) electrons. The Morgan fingerprint density at radius 2 is 1.86 bits per heavy atom. The second-order valence-electron chi connectivity index (χ2n) is 8.67. The van der Waals surface area contributed by atoms with E-state index in [0.717, 1.165) is 58.9 Å². The van der Waals surface area contributed by atoms with Gasteiger partial charge < -0.3 is 14.4 Å². The zero-order valence-corrected chi connectivity index (χ0v) is 21.1. The summed E-state index contributed by atoms with van der Waals surface area (Å²) in [5.74, 6) is 0.534. The molecule has 1 aliphatic carbocycles. The lowest BCUT2D eigenvalue weighted by Gasteiger charge is -2.11. The topological polar surface area (TPSA) is 63.8 Å². The number of nitrogens with zero attached hydrogens (tertiary/aromatic N) is 2. The Morgan fingerprint density at radius 3 is 2.60 bits per heavy atom. The largest absolute Gasteiger partial charge is 0.478 e. The molecule has 5 rings (SSSR count). The number of carbonyl (C=O) groups is 1. The molecular weight excluding hydrogens is 480 g/mol. The summed E-state index contributed by atoms with van der Waals surface area (Å²) in [6, 6.07) is 16.8. The number of halogens is 1. The summed E-state index contributed by atoms with van der Waals surface area (Å²) >= 11 is 7.64. The van der Waals surface area contributed by atoms with Gasteiger partial charge in [0.05, 0.1) is 11.3 Å². The summed E-state index contributed by atoms with van der Waals surface area (Å²) in [6.07, 6.45) is 5.81. The van der Waals surface area contributed by atoms with Gasteiger partial charge in [-0.25, -0.2) is 4.79 Å². The Balaban J connectivity index is 1.40. The van der Waals surface area contributed by atoms with Gasteiger partial charge in [0, 0.05) is 33.1 Å². The van der Waals surface area contributed by atoms with E-state index in [4.69, 9.17) is 16.3 Å². The highest BCUT2D eigenvalue weighted by Crippen LogP contribution is 2.38. The highest BCUT2D eigenvalue weighted by Gasteiger charge is 2.27. The average Bonchev–Trinajstić information content (AvgIpc) is 3.35. The number of hydrogen-bond acceptors (Lipinski definition) is 4. The molecule has 35 heavy (non-hydrogen) atoms. The van der Waals surface area contributed by atoms with Crippen LogP contribution in [0.4, 0.5) is 5.69 Å². The van der Waals surface area contributed by atoms with Crippen molar-refractivity contribution in [3.8, 4) is 16.5 Å². The van der Waals surface area contributed by atoms with E-state index in [9.17, 15) is 9.90 Å². The number of aryl methyl sites for hydroxylation is 2. The fourth-order valence-corrected chi connectivity index (χ4v) is 6.24. The number of aliphatic imine (C=N–C) groups is 1. The first-order valence-electron chi connectivity index (χ1n) is 11.6. The smallest absolute Gasteiger partial charge is 0.339 e. The maximum absolute atomic E-state index is 12.2. The van der Waals surface area contributed by atoms with E-state index in [-0.39, 0.29) is 0 Å². The van der Waals surface area contributed by atoms with Crippen LogP contribution in [-0.4, -0.2) is 21.9 Å². The molecule has 0 amide bonds. The maximum Gasteiger partial charge on any atom is 0.339 e. The van der Waals surface area contributed by atoms with Crippen molar-refractivity contribution < 1.29 is 14.6 Å². The normalized spacial score (nSPS) is 13.2. The van der Waals surface area contributed by atoms with Crippen LogP contribution >= 0.6 is 22.9 Å². The van der Waals surface area contributed by atoms with Crippen LogP contribution in [0.1, 0.15) is 50.6 Å². The second kappa shape index (κ2) is 9.72. The van der Waals surface area contributed by atoms with E-state index >= 15 is 0 Å². The summed E-state index contributed by atoms with van der Waals surface area (Å²) < 4.78 is 7.91. The molecule has 0 aliphatic heterocycles. The molecule has 0 fully saturated rings. The van der Waals surface area contributed by atoms with Crippen LogP contribution in [0.3, 0.4) is 0 Å². The lowest BCUT2D eigenvalue weighted by atomic mass is 9.95. The van der Waals surface area contributed by atoms with Crippen molar-refractivity contribution in [1.29, 1.82) is 0 Å². The molecule has 0 saturated carbocycles. The van der Waals surface area contributed by atoms with Gasteiger partial charge in [0.15, 0.2) is 0 Å². The number of ether oxygens (including phenoxy) is 1. The number of benzene rings is 2. The van der Waals surface area contributed by atoms with Gasteiger partial charge in [0.2, 0.25) is 0 Å². The molecule has 1 N–H and O–H groups in total. The number of rotatable bonds is 6. The zero-order valence-electron chi connectivity index (χ0n) is 19.5. The number of carboxylic acid groups (broad SMARTS) is 1. The Hall–Kier alpha value is -3.35. The monoisotopic (exact) mass is 504 g/mol. The first kappa shape index (κ1) is 23.4. The van der Waals surface area contributed by atoms with Gasteiger partial charge in [0.1, 0.15) is 16.5 Å². The molecule has 2 heterocycles. The number of aromatic nitrogens is 1. The molecule has 178 valence electrons. The minimum absolute atomic E-state index is 0.463. The predicted molar refractivity (Wildman–Crippen MR) is 142 cm³/mol. The minimum atomic E-state index is -0.845. The number of hydrogen-bond donors (Lipinski definition) is 1. The molecule has 1 aliphatic rings. The predicted octanol–water partition coefficient (Wildman–Crippen LogP) is 7.93. The van der Waals surface area contributed by atoms with Crippen molar-refractivity contribution in [2.45, 2.75) is 39.5 Å². The van der Waals surface area contributed by atoms with Crippen LogP contribution in [0, 0.1) is 13.8 Å². The van der Waals surface area contributed by atoms with Crippen LogP contribution in [0.2, 0.25) is 5.02 Å². The molecular formula is C28H25ClN2O3S. The molecule has 2 aromatic carbocycles. The average molecular weight is 505 g/mol. The fraction of sp³-hybridized carbons (Fsp3) is 0.214. The number of thiophene rings is 1. The van der Waals surface area contributed by atoms with Crippen molar-refractivity contribution in [3.63, 3.8) is 0 Å². The molecule has 0 saturated heterocycles. The Labute approximate surface area is 213 Å². The van der Waals surface area contributed by atoms with Crippen molar-refractivity contribution in [2.75, 3.05) is 0 Å². The molecule has 4 aromatic rings. The first-order chi connectivity index (χ1) is 16.9. The van der Waals surface area contributed by atoms with Crippen molar-refractivity contribution in [1.82, 2.24) is 4.57 Å². The SMILES string of the molecule is Cc1cc(C=Nc2ccc(Oc3cccc(Cl)c3)cc2)c(C)n1-c1sc2c(c1C(=O)O)CCCC2. The Kier molecular flexibility index (Phi) is 6.50. The van der Waals surface area contributed by atoms with E-state index in [1.807, 2.05) is 56.5 Å². The van der Waals surface area contributed by atoms with E-state index in [1.54, 1.807) is 23.5 Å². The van der Waals surface area contributed by atoms with E-state index in [1.165, 1.54) is 4.88 Å². The molecule has 0 bridgehead atoms. The van der Waals surface area contributed by atoms with Crippen molar-refractivity contribution in [3.05, 3.63) is 92.6 Å². The second-order valence-corrected chi connectivity index (χ2v) is 10.2. The number of fused-ring (bicyclic) bond motifs is 1. The lowest BCUT2D eigenvalue weighted by Crippen LogP contribution is -2.09. The number of aromatic carboxylic acids is 1. The van der Waals surface area contributed by atoms with Gasteiger partial charge in [-0.1, -0.05) is 17.7 Å². The molecule has 0 unspecified atom stereocenters. The Bertz CT molecular complexity index is 1430. The highest BCUT2D eigenvalue weighted by atomic mass is 35.5. The van der Waals surface area contributed by atoms with E-state index in [2.05, 4.69) is 15.6 Å². The fourth-order valence-electron chi connectivity index (χ4n) is 4.57. The van der Waals surface area contributed by atoms with E-state index in [0.29, 0.717) is 22.1 Å². The van der Waals surface area contributed by atoms with Gasteiger partial charge in [0.25, 0.3) is 0 Å². The molecule has 2 aromatic heterocycles. The maximum atomic E-state index is 12.2. The number of carboxylic acids is 1. The van der Waals surface area contributed by atoms with Gasteiger partial charge in [-0.05, 0) is 93.6 Å². The molecule has 0 spiro atoms. The minimum Gasteiger partial charge on any atom is -0.478 e. The third-order valence-electron chi connectivity index (χ3n) is 6.26. The summed E-state index contributed by atoms with van der Waals surface area (Å²) in [5.41, 5.74) is 5.22. The first-order valence-corrected chi connectivity index (χ1v) is 12.7. The van der Waals surface area contributed by atoms with Crippen molar-refractivity contribution in [2.24, 2.45) is 4.99 Å². The standard InChI is InChI=1S/C28H25ClN2O3S/c1-17-14-19(16-30-21-10-12-22(13-11-21)34-23-7-5-6-20(29)15-23)18(2)31(17)27-26(28(32)33)24-8-3-4-9-25(24)35-27/h5-7,10-16H,3-4,8-9H2,1-2H3,(H,32,33). The van der Waals surface area contributed by atoms with Crippen LogP contribution in [0.25, 0.3) is 5.00 Å². The third-order valence-corrected chi connectivity index (χ3v) is 7.77. The molecule has 7 heteroatoms. The summed E-state index contributed by atoms with van der Waals surface area (Å²) in [7, 11) is 0. The quantitative estimate of drug-likeness (QED) is 0.271. The lowest BCUT2D eigenvalue weighted by molar-refractivity contribution is 0.0696. The van der Waals surface area contributed by atoms with Gasteiger partial charge in [-0.3, -0.25) is 4.99 Å². The van der Waals surface area contributed by atoms with Gasteiger partial charge in [-0.2, -0.15) is 0 Å².